The number of fused-ring (bicyclic) bond motifs is 1. The molecule has 9 nitrogen and oxygen atoms in total. The van der Waals surface area contributed by atoms with Gasteiger partial charge in [0.15, 0.2) is 6.10 Å². The van der Waals surface area contributed by atoms with Gasteiger partial charge < -0.3 is 19.7 Å². The Bertz CT molecular complexity index is 1520. The van der Waals surface area contributed by atoms with Crippen molar-refractivity contribution in [2.75, 3.05) is 31.1 Å². The number of benzene rings is 3. The van der Waals surface area contributed by atoms with Gasteiger partial charge in [-0.3, -0.25) is 9.59 Å². The van der Waals surface area contributed by atoms with E-state index in [1.807, 2.05) is 30.3 Å². The van der Waals surface area contributed by atoms with Gasteiger partial charge in [0.2, 0.25) is 15.9 Å². The fraction of sp³-hybridized carbons (Fsp3) is 0.333. The topological polar surface area (TPSA) is 105 Å². The largest absolute Gasteiger partial charge is 0.492 e. The second kappa shape index (κ2) is 12.5. The first kappa shape index (κ1) is 28.9. The zero-order valence-electron chi connectivity index (χ0n) is 22.7. The van der Waals surface area contributed by atoms with E-state index in [1.54, 1.807) is 48.2 Å². The van der Waals surface area contributed by atoms with Crippen molar-refractivity contribution >= 4 is 39.1 Å². The first-order valence-corrected chi connectivity index (χ1v) is 15.4. The number of nitrogens with zero attached hydrogens (tertiary/aromatic N) is 2. The van der Waals surface area contributed by atoms with Gasteiger partial charge in [-0.1, -0.05) is 54.1 Å². The summed E-state index contributed by atoms with van der Waals surface area (Å²) in [5.41, 5.74) is 1.50. The molecule has 2 amide bonds. The summed E-state index contributed by atoms with van der Waals surface area (Å²) in [5.74, 6) is -0.548. The number of carbonyl (C=O) groups is 2. The van der Waals surface area contributed by atoms with Crippen LogP contribution in [0.2, 0.25) is 5.02 Å². The lowest BCUT2D eigenvalue weighted by molar-refractivity contribution is -0.129. The summed E-state index contributed by atoms with van der Waals surface area (Å²) in [6.07, 6.45) is 0.109. The summed E-state index contributed by atoms with van der Waals surface area (Å²) in [7, 11) is -3.99. The second-order valence-corrected chi connectivity index (χ2v) is 12.3. The van der Waals surface area contributed by atoms with E-state index in [-0.39, 0.29) is 47.1 Å². The molecule has 0 aliphatic carbocycles. The summed E-state index contributed by atoms with van der Waals surface area (Å²) in [6, 6.07) is 21.1. The van der Waals surface area contributed by atoms with Crippen LogP contribution in [0.5, 0.6) is 11.5 Å². The highest BCUT2D eigenvalue weighted by molar-refractivity contribution is 7.89. The van der Waals surface area contributed by atoms with E-state index >= 15 is 0 Å². The smallest absolute Gasteiger partial charge is 0.263 e. The van der Waals surface area contributed by atoms with Crippen LogP contribution in [0.3, 0.4) is 0 Å². The lowest BCUT2D eigenvalue weighted by atomic mass is 9.97. The Labute approximate surface area is 245 Å². The number of rotatable bonds is 8. The number of anilines is 1. The third-order valence-electron chi connectivity index (χ3n) is 7.20. The maximum Gasteiger partial charge on any atom is 0.263 e. The molecular weight excluding hydrogens is 566 g/mol. The molecule has 11 heteroatoms. The van der Waals surface area contributed by atoms with E-state index < -0.39 is 22.0 Å². The monoisotopic (exact) mass is 597 g/mol. The van der Waals surface area contributed by atoms with Crippen molar-refractivity contribution in [2.24, 2.45) is 5.92 Å². The number of carbonyl (C=O) groups excluding carboxylic acids is 2. The van der Waals surface area contributed by atoms with Crippen LogP contribution in [0.25, 0.3) is 0 Å². The molecule has 0 saturated carbocycles. The van der Waals surface area contributed by atoms with Crippen LogP contribution in [0.15, 0.2) is 77.7 Å². The average molecular weight is 598 g/mol. The summed E-state index contributed by atoms with van der Waals surface area (Å²) in [5, 5.41) is 3.17. The molecule has 1 saturated heterocycles. The summed E-state index contributed by atoms with van der Waals surface area (Å²) in [6.45, 7) is 2.69. The van der Waals surface area contributed by atoms with Crippen LogP contribution in [0.4, 0.5) is 5.69 Å². The minimum absolute atomic E-state index is 0.00361. The highest BCUT2D eigenvalue weighted by atomic mass is 35.5. The van der Waals surface area contributed by atoms with Gasteiger partial charge in [-0.05, 0) is 55.7 Å². The van der Waals surface area contributed by atoms with Crippen LogP contribution in [-0.2, 0) is 26.2 Å². The van der Waals surface area contributed by atoms with Gasteiger partial charge in [-0.2, -0.15) is 4.31 Å². The zero-order valence-corrected chi connectivity index (χ0v) is 24.2. The van der Waals surface area contributed by atoms with Crippen LogP contribution >= 0.6 is 11.6 Å². The van der Waals surface area contributed by atoms with Gasteiger partial charge in [0.1, 0.15) is 16.4 Å². The third kappa shape index (κ3) is 6.34. The normalized spacial score (nSPS) is 19.1. The highest BCUT2D eigenvalue weighted by Gasteiger charge is 2.40. The van der Waals surface area contributed by atoms with Gasteiger partial charge in [0.05, 0.1) is 24.8 Å². The SMILES string of the molecule is CCOc1ccc(Cl)cc1S(=O)(=O)N1CCCC(C(=O)N2CC(C(=O)NCc3ccccc3)Oc3ccccc32)C1. The van der Waals surface area contributed by atoms with Crippen molar-refractivity contribution in [3.8, 4) is 11.5 Å². The van der Waals surface area contributed by atoms with E-state index in [1.165, 1.54) is 10.4 Å². The van der Waals surface area contributed by atoms with Crippen molar-refractivity contribution in [3.63, 3.8) is 0 Å². The van der Waals surface area contributed by atoms with E-state index in [0.29, 0.717) is 37.4 Å². The summed E-state index contributed by atoms with van der Waals surface area (Å²) >= 11 is 6.14. The molecule has 216 valence electrons. The van der Waals surface area contributed by atoms with Crippen LogP contribution in [0.1, 0.15) is 25.3 Å². The van der Waals surface area contributed by atoms with Crippen LogP contribution < -0.4 is 19.7 Å². The van der Waals surface area contributed by atoms with E-state index in [0.717, 1.165) is 5.56 Å². The maximum absolute atomic E-state index is 14.0. The summed E-state index contributed by atoms with van der Waals surface area (Å²) < 4.78 is 40.3. The third-order valence-corrected chi connectivity index (χ3v) is 9.32. The number of nitrogens with one attached hydrogen (secondary N) is 1. The van der Waals surface area contributed by atoms with Gasteiger partial charge in [0.25, 0.3) is 5.91 Å². The van der Waals surface area contributed by atoms with E-state index in [4.69, 9.17) is 21.1 Å². The summed E-state index contributed by atoms with van der Waals surface area (Å²) in [4.78, 5) is 28.6. The number of sulfonamides is 1. The highest BCUT2D eigenvalue weighted by Crippen LogP contribution is 2.37. The number of piperidine rings is 1. The molecule has 41 heavy (non-hydrogen) atoms. The minimum atomic E-state index is -3.99. The predicted octanol–water partition coefficient (Wildman–Crippen LogP) is 4.25. The van der Waals surface area contributed by atoms with Crippen molar-refractivity contribution in [2.45, 2.75) is 37.3 Å². The van der Waals surface area contributed by atoms with Gasteiger partial charge in [-0.25, -0.2) is 8.42 Å². The molecule has 2 aliphatic rings. The average Bonchev–Trinajstić information content (AvgIpc) is 3.00. The number of halogens is 1. The molecule has 0 radical (unpaired) electrons. The van der Waals surface area contributed by atoms with Crippen molar-refractivity contribution < 1.29 is 27.5 Å². The van der Waals surface area contributed by atoms with Crippen LogP contribution in [0, 0.1) is 5.92 Å². The number of hydrogen-bond donors (Lipinski definition) is 1. The van der Waals surface area contributed by atoms with Gasteiger partial charge in [0, 0.05) is 24.7 Å². The zero-order chi connectivity index (χ0) is 29.0. The lowest BCUT2D eigenvalue weighted by Crippen LogP contribution is -2.53. The Morgan fingerprint density at radius 2 is 1.80 bits per heavy atom. The molecule has 2 heterocycles. The van der Waals surface area contributed by atoms with Crippen molar-refractivity contribution in [1.29, 1.82) is 0 Å². The Morgan fingerprint density at radius 3 is 2.59 bits per heavy atom. The molecule has 1 N–H and O–H groups in total. The van der Waals surface area contributed by atoms with Crippen molar-refractivity contribution in [1.82, 2.24) is 9.62 Å². The molecule has 2 atom stereocenters. The number of ether oxygens (including phenoxy) is 2. The Hall–Kier alpha value is -3.60. The number of para-hydroxylation sites is 2. The molecule has 0 spiro atoms. The molecule has 0 bridgehead atoms. The lowest BCUT2D eigenvalue weighted by Gasteiger charge is -2.38. The standard InChI is InChI=1S/C30H32ClN3O6S/c1-2-39-26-15-14-23(31)17-28(26)41(37,38)33-16-8-11-22(19-33)30(36)34-20-27(40-25-13-7-6-12-24(25)34)29(35)32-18-21-9-4-3-5-10-21/h3-7,9-10,12-15,17,22,27H,2,8,11,16,18-20H2,1H3,(H,32,35). The second-order valence-electron chi connectivity index (χ2n) is 9.95. The molecule has 1 fully saturated rings. The van der Waals surface area contributed by atoms with Crippen LogP contribution in [-0.4, -0.2) is 56.9 Å². The molecular formula is C30H32ClN3O6S. The quantitative estimate of drug-likeness (QED) is 0.416. The molecule has 3 aromatic rings. The van der Waals surface area contributed by atoms with Gasteiger partial charge in [-0.15, -0.1) is 0 Å². The number of amides is 2. The van der Waals surface area contributed by atoms with E-state index in [2.05, 4.69) is 5.32 Å². The maximum atomic E-state index is 14.0. The molecule has 2 unspecified atom stereocenters. The molecule has 0 aromatic heterocycles. The fourth-order valence-corrected chi connectivity index (χ4v) is 7.08. The fourth-order valence-electron chi connectivity index (χ4n) is 5.16. The van der Waals surface area contributed by atoms with E-state index in [9.17, 15) is 18.0 Å². The number of hydrogen-bond acceptors (Lipinski definition) is 6. The first-order chi connectivity index (χ1) is 19.8. The van der Waals surface area contributed by atoms with Crippen molar-refractivity contribution in [3.05, 3.63) is 83.4 Å². The Balaban J connectivity index is 1.35. The Kier molecular flexibility index (Phi) is 8.82. The Morgan fingerprint density at radius 1 is 1.05 bits per heavy atom. The first-order valence-electron chi connectivity index (χ1n) is 13.6. The predicted molar refractivity (Wildman–Crippen MR) is 156 cm³/mol. The van der Waals surface area contributed by atoms with Gasteiger partial charge >= 0.3 is 0 Å². The minimum Gasteiger partial charge on any atom is -0.492 e. The molecule has 5 rings (SSSR count). The molecule has 3 aromatic carbocycles. The molecule has 2 aliphatic heterocycles.